The number of hydrogen-bond acceptors (Lipinski definition) is 4. The maximum absolute atomic E-state index is 12.6. The lowest BCUT2D eigenvalue weighted by Gasteiger charge is -2.23. The van der Waals surface area contributed by atoms with E-state index in [2.05, 4.69) is 5.32 Å². The zero-order valence-corrected chi connectivity index (χ0v) is 14.5. The van der Waals surface area contributed by atoms with E-state index < -0.39 is 9.84 Å². The molecule has 1 aliphatic heterocycles. The van der Waals surface area contributed by atoms with E-state index >= 15 is 0 Å². The van der Waals surface area contributed by atoms with E-state index in [0.29, 0.717) is 5.69 Å². The minimum atomic E-state index is -3.26. The van der Waals surface area contributed by atoms with Crippen LogP contribution in [0.4, 0.5) is 11.4 Å². The highest BCUT2D eigenvalue weighted by Crippen LogP contribution is 2.31. The molecular weight excluding hydrogens is 324 g/mol. The summed E-state index contributed by atoms with van der Waals surface area (Å²) < 4.78 is 23.2. The molecular formula is C18H20N2O3S. The summed E-state index contributed by atoms with van der Waals surface area (Å²) >= 11 is 0. The Balaban J connectivity index is 1.73. The van der Waals surface area contributed by atoms with Crippen LogP contribution in [-0.4, -0.2) is 33.2 Å². The monoisotopic (exact) mass is 344 g/mol. The van der Waals surface area contributed by atoms with Gasteiger partial charge in [0.25, 0.3) is 0 Å². The van der Waals surface area contributed by atoms with Gasteiger partial charge in [-0.3, -0.25) is 4.79 Å². The van der Waals surface area contributed by atoms with E-state index in [1.807, 2.05) is 36.1 Å². The summed E-state index contributed by atoms with van der Waals surface area (Å²) in [4.78, 5) is 14.7. The topological polar surface area (TPSA) is 66.5 Å². The van der Waals surface area contributed by atoms with Crippen LogP contribution in [0.1, 0.15) is 12.5 Å². The second-order valence-corrected chi connectivity index (χ2v) is 8.11. The van der Waals surface area contributed by atoms with E-state index in [1.165, 1.54) is 11.8 Å². The minimum absolute atomic E-state index is 0.0304. The molecule has 1 atom stereocenters. The number of para-hydroxylation sites is 1. The van der Waals surface area contributed by atoms with Gasteiger partial charge in [-0.05, 0) is 43.2 Å². The molecule has 1 aliphatic rings. The molecule has 0 radical (unpaired) electrons. The minimum Gasteiger partial charge on any atom is -0.376 e. The number of amides is 1. The lowest BCUT2D eigenvalue weighted by Crippen LogP contribution is -2.39. The average Bonchev–Trinajstić information content (AvgIpc) is 2.88. The fourth-order valence-electron chi connectivity index (χ4n) is 3.05. The van der Waals surface area contributed by atoms with Crippen molar-refractivity contribution >= 4 is 27.1 Å². The van der Waals surface area contributed by atoms with Crippen molar-refractivity contribution in [2.45, 2.75) is 24.3 Å². The van der Waals surface area contributed by atoms with Crippen molar-refractivity contribution in [3.8, 4) is 0 Å². The van der Waals surface area contributed by atoms with E-state index in [1.54, 1.807) is 24.3 Å². The zero-order chi connectivity index (χ0) is 17.3. The Bertz CT molecular complexity index is 877. The maximum atomic E-state index is 12.6. The molecule has 2 aromatic rings. The van der Waals surface area contributed by atoms with Gasteiger partial charge in [-0.2, -0.15) is 0 Å². The fraction of sp³-hybridized carbons (Fsp3) is 0.278. The first kappa shape index (κ1) is 16.5. The first-order valence-electron chi connectivity index (χ1n) is 7.80. The van der Waals surface area contributed by atoms with E-state index in [-0.39, 0.29) is 23.4 Å². The molecule has 1 amide bonds. The number of benzene rings is 2. The molecule has 0 bridgehead atoms. The number of sulfone groups is 1. The van der Waals surface area contributed by atoms with Crippen molar-refractivity contribution in [3.63, 3.8) is 0 Å². The van der Waals surface area contributed by atoms with Gasteiger partial charge in [-0.15, -0.1) is 0 Å². The molecule has 0 aromatic heterocycles. The SMILES string of the molecule is CC1Cc2ccccc2N1C(=O)CNc1cccc(S(C)(=O)=O)c1. The fourth-order valence-corrected chi connectivity index (χ4v) is 3.71. The van der Waals surface area contributed by atoms with Gasteiger partial charge in [0.15, 0.2) is 9.84 Å². The van der Waals surface area contributed by atoms with Gasteiger partial charge in [0.05, 0.1) is 11.4 Å². The summed E-state index contributed by atoms with van der Waals surface area (Å²) in [5.41, 5.74) is 2.76. The van der Waals surface area contributed by atoms with E-state index in [0.717, 1.165) is 12.1 Å². The average molecular weight is 344 g/mol. The molecule has 2 aromatic carbocycles. The smallest absolute Gasteiger partial charge is 0.246 e. The Kier molecular flexibility index (Phi) is 4.32. The molecule has 0 fully saturated rings. The highest BCUT2D eigenvalue weighted by Gasteiger charge is 2.30. The summed E-state index contributed by atoms with van der Waals surface area (Å²) in [5, 5.41) is 3.03. The second kappa shape index (κ2) is 6.28. The molecule has 3 rings (SSSR count). The maximum Gasteiger partial charge on any atom is 0.246 e. The Morgan fingerprint density at radius 1 is 1.21 bits per heavy atom. The number of hydrogen-bond donors (Lipinski definition) is 1. The third-order valence-electron chi connectivity index (χ3n) is 4.18. The Hall–Kier alpha value is -2.34. The molecule has 0 saturated heterocycles. The molecule has 0 aliphatic carbocycles. The summed E-state index contributed by atoms with van der Waals surface area (Å²) in [6.07, 6.45) is 2.02. The van der Waals surface area contributed by atoms with Crippen LogP contribution in [-0.2, 0) is 21.1 Å². The van der Waals surface area contributed by atoms with Crippen LogP contribution in [0, 0.1) is 0 Å². The Morgan fingerprint density at radius 3 is 2.71 bits per heavy atom. The number of anilines is 2. The van der Waals surface area contributed by atoms with Crippen molar-refractivity contribution in [2.75, 3.05) is 23.0 Å². The summed E-state index contributed by atoms with van der Waals surface area (Å²) in [5.74, 6) is -0.0304. The van der Waals surface area contributed by atoms with Crippen molar-refractivity contribution in [1.82, 2.24) is 0 Å². The number of carbonyl (C=O) groups excluding carboxylic acids is 1. The van der Waals surface area contributed by atoms with Gasteiger partial charge >= 0.3 is 0 Å². The first-order chi connectivity index (χ1) is 11.4. The number of fused-ring (bicyclic) bond motifs is 1. The number of carbonyl (C=O) groups is 1. The number of nitrogens with one attached hydrogen (secondary N) is 1. The molecule has 126 valence electrons. The number of rotatable bonds is 4. The molecule has 0 saturated carbocycles. The van der Waals surface area contributed by atoms with Crippen LogP contribution in [0.2, 0.25) is 0 Å². The molecule has 0 spiro atoms. The van der Waals surface area contributed by atoms with Gasteiger partial charge in [-0.1, -0.05) is 24.3 Å². The summed E-state index contributed by atoms with van der Waals surface area (Å²) in [6.45, 7) is 2.15. The van der Waals surface area contributed by atoms with Crippen LogP contribution >= 0.6 is 0 Å². The lowest BCUT2D eigenvalue weighted by atomic mass is 10.1. The van der Waals surface area contributed by atoms with Crippen LogP contribution < -0.4 is 10.2 Å². The Labute approximate surface area is 142 Å². The van der Waals surface area contributed by atoms with Crippen LogP contribution in [0.5, 0.6) is 0 Å². The molecule has 5 nitrogen and oxygen atoms in total. The quantitative estimate of drug-likeness (QED) is 0.925. The normalized spacial score (nSPS) is 16.8. The molecule has 1 unspecified atom stereocenters. The summed E-state index contributed by atoms with van der Waals surface area (Å²) in [6, 6.07) is 14.5. The van der Waals surface area contributed by atoms with Crippen molar-refractivity contribution in [2.24, 2.45) is 0 Å². The zero-order valence-electron chi connectivity index (χ0n) is 13.7. The Morgan fingerprint density at radius 2 is 1.96 bits per heavy atom. The third-order valence-corrected chi connectivity index (χ3v) is 5.29. The first-order valence-corrected chi connectivity index (χ1v) is 9.69. The third kappa shape index (κ3) is 3.28. The lowest BCUT2D eigenvalue weighted by molar-refractivity contribution is -0.117. The molecule has 24 heavy (non-hydrogen) atoms. The van der Waals surface area contributed by atoms with Crippen molar-refractivity contribution in [1.29, 1.82) is 0 Å². The standard InChI is InChI=1S/C18H20N2O3S/c1-13-10-14-6-3-4-9-17(14)20(13)18(21)12-19-15-7-5-8-16(11-15)24(2,22)23/h3-9,11,13,19H,10,12H2,1-2H3. The van der Waals surface area contributed by atoms with Crippen LogP contribution in [0.15, 0.2) is 53.4 Å². The van der Waals surface area contributed by atoms with E-state index in [9.17, 15) is 13.2 Å². The summed E-state index contributed by atoms with van der Waals surface area (Å²) in [7, 11) is -3.26. The van der Waals surface area contributed by atoms with Gasteiger partial charge in [0.1, 0.15) is 0 Å². The highest BCUT2D eigenvalue weighted by molar-refractivity contribution is 7.90. The van der Waals surface area contributed by atoms with Crippen LogP contribution in [0.3, 0.4) is 0 Å². The van der Waals surface area contributed by atoms with Crippen molar-refractivity contribution < 1.29 is 13.2 Å². The largest absolute Gasteiger partial charge is 0.376 e. The van der Waals surface area contributed by atoms with Crippen LogP contribution in [0.25, 0.3) is 0 Å². The van der Waals surface area contributed by atoms with E-state index in [4.69, 9.17) is 0 Å². The second-order valence-electron chi connectivity index (χ2n) is 6.10. The molecule has 1 N–H and O–H groups in total. The van der Waals surface area contributed by atoms with Gasteiger partial charge in [0, 0.05) is 23.7 Å². The predicted molar refractivity (Wildman–Crippen MR) is 95.1 cm³/mol. The number of nitrogens with zero attached hydrogens (tertiary/aromatic N) is 1. The molecule has 6 heteroatoms. The molecule has 1 heterocycles. The van der Waals surface area contributed by atoms with Gasteiger partial charge in [0.2, 0.25) is 5.91 Å². The van der Waals surface area contributed by atoms with Crippen molar-refractivity contribution in [3.05, 3.63) is 54.1 Å². The van der Waals surface area contributed by atoms with Gasteiger partial charge in [-0.25, -0.2) is 8.42 Å². The highest BCUT2D eigenvalue weighted by atomic mass is 32.2. The van der Waals surface area contributed by atoms with Gasteiger partial charge < -0.3 is 10.2 Å². The predicted octanol–water partition coefficient (Wildman–Crippen LogP) is 2.48.